The lowest BCUT2D eigenvalue weighted by atomic mass is 9.99. The molecule has 0 aromatic heterocycles. The van der Waals surface area contributed by atoms with E-state index in [0.717, 1.165) is 11.3 Å². The van der Waals surface area contributed by atoms with E-state index in [9.17, 15) is 0 Å². The number of rotatable bonds is 2. The van der Waals surface area contributed by atoms with Gasteiger partial charge in [-0.25, -0.2) is 0 Å². The summed E-state index contributed by atoms with van der Waals surface area (Å²) in [6, 6.07) is 7.97. The summed E-state index contributed by atoms with van der Waals surface area (Å²) in [6.07, 6.45) is 0. The van der Waals surface area contributed by atoms with Gasteiger partial charge in [-0.05, 0) is 18.6 Å². The zero-order valence-electron chi connectivity index (χ0n) is 9.63. The van der Waals surface area contributed by atoms with Crippen molar-refractivity contribution in [3.8, 4) is 0 Å². The van der Waals surface area contributed by atoms with Crippen LogP contribution in [0, 0.1) is 12.3 Å². The number of hydrogen-bond donors (Lipinski definition) is 1. The highest BCUT2D eigenvalue weighted by Crippen LogP contribution is 2.20. The minimum Gasteiger partial charge on any atom is -0.277 e. The van der Waals surface area contributed by atoms with Gasteiger partial charge in [0.25, 0.3) is 0 Å². The summed E-state index contributed by atoms with van der Waals surface area (Å²) in [6.45, 7) is 8.11. The van der Waals surface area contributed by atoms with Gasteiger partial charge < -0.3 is 0 Å². The lowest BCUT2D eigenvalue weighted by molar-refractivity contribution is 0.599. The van der Waals surface area contributed by atoms with Gasteiger partial charge in [0.15, 0.2) is 0 Å². The normalized spacial score (nSPS) is 12.7. The molecule has 0 unspecified atom stereocenters. The zero-order valence-corrected chi connectivity index (χ0v) is 10.4. The number of hydrogen-bond acceptors (Lipinski definition) is 2. The molecule has 0 aliphatic heterocycles. The zero-order chi connectivity index (χ0) is 11.5. The topological polar surface area (TPSA) is 24.4 Å². The average Bonchev–Trinajstić information content (AvgIpc) is 2.14. The SMILES string of the molecule is Cc1ccccc1NN=C(Cl)C(C)(C)C. The summed E-state index contributed by atoms with van der Waals surface area (Å²) in [5.74, 6) is 0. The van der Waals surface area contributed by atoms with Crippen LogP contribution in [0.2, 0.25) is 0 Å². The molecule has 0 radical (unpaired) electrons. The van der Waals surface area contributed by atoms with Crippen molar-refractivity contribution in [2.75, 3.05) is 5.43 Å². The number of hydrazone groups is 1. The molecule has 2 nitrogen and oxygen atoms in total. The molecule has 0 heterocycles. The number of halogens is 1. The summed E-state index contributed by atoms with van der Waals surface area (Å²) in [7, 11) is 0. The molecule has 0 fully saturated rings. The third-order valence-corrected chi connectivity index (χ3v) is 2.69. The van der Waals surface area contributed by atoms with Crippen molar-refractivity contribution >= 4 is 22.5 Å². The maximum atomic E-state index is 6.05. The molecule has 3 heteroatoms. The number of nitrogens with one attached hydrogen (secondary N) is 1. The minimum absolute atomic E-state index is 0.114. The molecule has 15 heavy (non-hydrogen) atoms. The van der Waals surface area contributed by atoms with Gasteiger partial charge in [-0.3, -0.25) is 5.43 Å². The summed E-state index contributed by atoms with van der Waals surface area (Å²) in [5.41, 5.74) is 5.00. The van der Waals surface area contributed by atoms with Gasteiger partial charge in [0.2, 0.25) is 0 Å². The third kappa shape index (κ3) is 3.56. The van der Waals surface area contributed by atoms with E-state index in [2.05, 4.69) is 10.5 Å². The first kappa shape index (κ1) is 12.1. The summed E-state index contributed by atoms with van der Waals surface area (Å²) < 4.78 is 0. The Labute approximate surface area is 96.3 Å². The molecule has 0 saturated heterocycles. The van der Waals surface area contributed by atoms with Crippen LogP contribution in [-0.4, -0.2) is 5.17 Å². The highest BCUT2D eigenvalue weighted by molar-refractivity contribution is 6.66. The van der Waals surface area contributed by atoms with Crippen LogP contribution in [0.3, 0.4) is 0 Å². The number of nitrogens with zero attached hydrogens (tertiary/aromatic N) is 1. The van der Waals surface area contributed by atoms with E-state index in [-0.39, 0.29) is 5.41 Å². The third-order valence-electron chi connectivity index (χ3n) is 2.04. The van der Waals surface area contributed by atoms with Gasteiger partial charge in [0.1, 0.15) is 5.17 Å². The van der Waals surface area contributed by atoms with Crippen LogP contribution in [0.4, 0.5) is 5.69 Å². The van der Waals surface area contributed by atoms with E-state index in [1.54, 1.807) is 0 Å². The molecular formula is C12H17ClN2. The molecule has 0 amide bonds. The Balaban J connectivity index is 2.77. The lowest BCUT2D eigenvalue weighted by Crippen LogP contribution is -2.15. The molecule has 1 aromatic rings. The van der Waals surface area contributed by atoms with Crippen molar-refractivity contribution in [1.29, 1.82) is 0 Å². The van der Waals surface area contributed by atoms with Crippen molar-refractivity contribution in [2.45, 2.75) is 27.7 Å². The lowest BCUT2D eigenvalue weighted by Gasteiger charge is -2.15. The summed E-state index contributed by atoms with van der Waals surface area (Å²) in [5, 5.41) is 4.73. The summed E-state index contributed by atoms with van der Waals surface area (Å²) in [4.78, 5) is 0. The second-order valence-electron chi connectivity index (χ2n) is 4.58. The number of anilines is 1. The molecule has 1 aromatic carbocycles. The molecule has 1 rings (SSSR count). The number of para-hydroxylation sites is 1. The van der Waals surface area contributed by atoms with E-state index in [4.69, 9.17) is 11.6 Å². The van der Waals surface area contributed by atoms with E-state index < -0.39 is 0 Å². The molecule has 0 spiro atoms. The second kappa shape index (κ2) is 4.67. The maximum absolute atomic E-state index is 6.05. The predicted molar refractivity (Wildman–Crippen MR) is 67.5 cm³/mol. The molecule has 1 N–H and O–H groups in total. The van der Waals surface area contributed by atoms with E-state index >= 15 is 0 Å². The van der Waals surface area contributed by atoms with E-state index in [0.29, 0.717) is 5.17 Å². The first-order valence-electron chi connectivity index (χ1n) is 4.96. The second-order valence-corrected chi connectivity index (χ2v) is 4.94. The van der Waals surface area contributed by atoms with Gasteiger partial charge >= 0.3 is 0 Å². The molecule has 0 aliphatic carbocycles. The summed E-state index contributed by atoms with van der Waals surface area (Å²) >= 11 is 6.05. The molecular weight excluding hydrogens is 208 g/mol. The maximum Gasteiger partial charge on any atom is 0.131 e. The van der Waals surface area contributed by atoms with Crippen LogP contribution in [-0.2, 0) is 0 Å². The number of benzene rings is 1. The van der Waals surface area contributed by atoms with Gasteiger partial charge in [-0.1, -0.05) is 50.6 Å². The molecule has 82 valence electrons. The van der Waals surface area contributed by atoms with Crippen molar-refractivity contribution in [3.05, 3.63) is 29.8 Å². The Morgan fingerprint density at radius 1 is 1.27 bits per heavy atom. The Morgan fingerprint density at radius 3 is 2.40 bits per heavy atom. The van der Waals surface area contributed by atoms with Crippen LogP contribution < -0.4 is 5.43 Å². The van der Waals surface area contributed by atoms with Gasteiger partial charge in [0, 0.05) is 5.41 Å². The Morgan fingerprint density at radius 2 is 1.87 bits per heavy atom. The van der Waals surface area contributed by atoms with E-state index in [1.807, 2.05) is 52.0 Å². The van der Waals surface area contributed by atoms with Crippen molar-refractivity contribution in [2.24, 2.45) is 10.5 Å². The fraction of sp³-hybridized carbons (Fsp3) is 0.417. The largest absolute Gasteiger partial charge is 0.277 e. The Bertz CT molecular complexity index is 364. The number of aryl methyl sites for hydroxylation is 1. The van der Waals surface area contributed by atoms with Crippen LogP contribution in [0.5, 0.6) is 0 Å². The van der Waals surface area contributed by atoms with Crippen molar-refractivity contribution in [3.63, 3.8) is 0 Å². The van der Waals surface area contributed by atoms with Crippen molar-refractivity contribution in [1.82, 2.24) is 0 Å². The molecule has 0 saturated carbocycles. The standard InChI is InChI=1S/C12H17ClN2/c1-9-7-5-6-8-10(9)14-15-11(13)12(2,3)4/h5-8,14H,1-4H3. The van der Waals surface area contributed by atoms with Crippen LogP contribution in [0.15, 0.2) is 29.4 Å². The van der Waals surface area contributed by atoms with Crippen LogP contribution >= 0.6 is 11.6 Å². The minimum atomic E-state index is -0.114. The predicted octanol–water partition coefficient (Wildman–Crippen LogP) is 4.01. The first-order chi connectivity index (χ1) is 6.91. The monoisotopic (exact) mass is 224 g/mol. The highest BCUT2D eigenvalue weighted by atomic mass is 35.5. The first-order valence-corrected chi connectivity index (χ1v) is 5.34. The van der Waals surface area contributed by atoms with Crippen molar-refractivity contribution < 1.29 is 0 Å². The smallest absolute Gasteiger partial charge is 0.131 e. The molecule has 0 aliphatic rings. The highest BCUT2D eigenvalue weighted by Gasteiger charge is 2.16. The fourth-order valence-corrected chi connectivity index (χ4v) is 1.02. The van der Waals surface area contributed by atoms with Gasteiger partial charge in [0.05, 0.1) is 5.69 Å². The Kier molecular flexibility index (Phi) is 3.75. The van der Waals surface area contributed by atoms with Gasteiger partial charge in [-0.2, -0.15) is 5.10 Å². The Hall–Kier alpha value is -1.02. The van der Waals surface area contributed by atoms with Crippen LogP contribution in [0.25, 0.3) is 0 Å². The average molecular weight is 225 g/mol. The molecule has 0 atom stereocenters. The fourth-order valence-electron chi connectivity index (χ4n) is 0.975. The quantitative estimate of drug-likeness (QED) is 0.596. The van der Waals surface area contributed by atoms with Gasteiger partial charge in [-0.15, -0.1) is 0 Å². The van der Waals surface area contributed by atoms with E-state index in [1.165, 1.54) is 0 Å². The van der Waals surface area contributed by atoms with Crippen LogP contribution in [0.1, 0.15) is 26.3 Å². The molecule has 0 bridgehead atoms.